The van der Waals surface area contributed by atoms with Crippen LogP contribution in [0.2, 0.25) is 0 Å². The van der Waals surface area contributed by atoms with Gasteiger partial charge in [0.25, 0.3) is 0 Å². The van der Waals surface area contributed by atoms with Gasteiger partial charge in [-0.05, 0) is 109 Å². The van der Waals surface area contributed by atoms with E-state index in [1.54, 1.807) is 13.8 Å². The van der Waals surface area contributed by atoms with E-state index < -0.39 is 95.0 Å². The Bertz CT molecular complexity index is 2680. The minimum atomic E-state index is -1.06. The van der Waals surface area contributed by atoms with Crippen molar-refractivity contribution in [2.45, 2.75) is 175 Å². The van der Waals surface area contributed by atoms with Crippen LogP contribution in [0.1, 0.15) is 175 Å². The van der Waals surface area contributed by atoms with E-state index in [0.29, 0.717) is 38.6 Å². The highest BCUT2D eigenvalue weighted by Crippen LogP contribution is 2.31. The molecule has 0 fully saturated rings. The van der Waals surface area contributed by atoms with Crippen LogP contribution in [-0.2, 0) is 43.2 Å². The number of rotatable bonds is 58. The Morgan fingerprint density at radius 1 is 0.260 bits per heavy atom. The van der Waals surface area contributed by atoms with Crippen LogP contribution < -0.4 is 97.1 Å². The Morgan fingerprint density at radius 3 is 0.604 bits per heavy atom. The number of nitrogens with two attached hydrogens (primary N) is 16. The summed E-state index contributed by atoms with van der Waals surface area (Å²) in [6.45, 7) is 6.07. The number of carbonyl (C=O) groups excluding carboxylic acids is 9. The number of amides is 1. The fourth-order valence-corrected chi connectivity index (χ4v) is 10.9. The van der Waals surface area contributed by atoms with Gasteiger partial charge in [-0.15, -0.1) is 0 Å². The van der Waals surface area contributed by atoms with Crippen molar-refractivity contribution in [2.24, 2.45) is 185 Å². The second-order valence-electron chi connectivity index (χ2n) is 24.6. The number of hydrogen-bond donors (Lipinski definition) is 17. The zero-order chi connectivity index (χ0) is 72.7. The molecule has 0 heterocycles. The maximum absolute atomic E-state index is 15.0. The number of nitrogens with zero attached hydrogens (tertiary/aromatic N) is 8. The van der Waals surface area contributed by atoms with Crippen LogP contribution in [0.5, 0.6) is 0 Å². The van der Waals surface area contributed by atoms with E-state index in [1.807, 2.05) is 6.92 Å². The summed E-state index contributed by atoms with van der Waals surface area (Å²) >= 11 is 0. The quantitative estimate of drug-likeness (QED) is 0.0175. The van der Waals surface area contributed by atoms with Crippen LogP contribution in [0.15, 0.2) is 39.9 Å². The molecule has 0 spiro atoms. The lowest BCUT2D eigenvalue weighted by atomic mass is 9.77. The van der Waals surface area contributed by atoms with E-state index in [4.69, 9.17) is 91.7 Å². The molecule has 34 nitrogen and oxygen atoms in total. The van der Waals surface area contributed by atoms with Crippen molar-refractivity contribution in [1.82, 2.24) is 5.32 Å². The number of nitrogens with one attached hydrogen (secondary N) is 1. The van der Waals surface area contributed by atoms with Gasteiger partial charge in [-0.1, -0.05) is 20.8 Å². The summed E-state index contributed by atoms with van der Waals surface area (Å²) < 4.78 is 0. The molecule has 0 aromatic rings. The van der Waals surface area contributed by atoms with Gasteiger partial charge in [0.05, 0.1) is 6.54 Å². The monoisotopic (exact) mass is 1360 g/mol. The minimum Gasteiger partial charge on any atom is -0.370 e. The maximum Gasteiger partial charge on any atom is 0.223 e. The van der Waals surface area contributed by atoms with Crippen molar-refractivity contribution in [3.63, 3.8) is 0 Å². The maximum atomic E-state index is 15.0. The van der Waals surface area contributed by atoms with Crippen molar-refractivity contribution >= 4 is 99.8 Å². The minimum absolute atomic E-state index is 0.0621. The molecule has 544 valence electrons. The first kappa shape index (κ1) is 87.0. The number of aliphatic imine (C=N–C) groups is 8. The smallest absolute Gasteiger partial charge is 0.223 e. The van der Waals surface area contributed by atoms with E-state index >= 15 is 9.59 Å². The van der Waals surface area contributed by atoms with Gasteiger partial charge in [-0.2, -0.15) is 0 Å². The molecule has 0 aromatic heterocycles. The molecule has 96 heavy (non-hydrogen) atoms. The predicted octanol–water partition coefficient (Wildman–Crippen LogP) is -2.19. The molecule has 33 N–H and O–H groups in total. The first-order valence-corrected chi connectivity index (χ1v) is 33.2. The molecule has 0 aromatic carbocycles. The SMILES string of the molecule is CCC(CCCN=C(N)N)C(=O)CC(CCCN=C(N)N)C(=O)CC(CCCN=C(N)N)C(=O)CC(CCCN=C(N)N)C(=O)CC(CCCN=C(N)N)C(=O)CC(CCCN=C(N)N)C(=O)CC(CCCN=C(N)N)C(=O)CC(CCCN=C(N)N)C(=O)NCC(=O)C(C)C. The van der Waals surface area contributed by atoms with Crippen molar-refractivity contribution in [2.75, 3.05) is 58.9 Å². The van der Waals surface area contributed by atoms with Crippen LogP contribution in [0.4, 0.5) is 0 Å². The Hall–Kier alpha value is -9.01. The second-order valence-corrected chi connectivity index (χ2v) is 24.6. The third-order valence-electron chi connectivity index (χ3n) is 16.3. The van der Waals surface area contributed by atoms with Crippen molar-refractivity contribution in [1.29, 1.82) is 0 Å². The number of guanidine groups is 8. The molecular formula is C62H117N25O9. The van der Waals surface area contributed by atoms with Crippen molar-refractivity contribution in [3.8, 4) is 0 Å². The van der Waals surface area contributed by atoms with Gasteiger partial charge in [-0.3, -0.25) is 83.1 Å². The third kappa shape index (κ3) is 43.1. The Kier molecular flexibility index (Phi) is 45.7. The van der Waals surface area contributed by atoms with E-state index in [0.717, 1.165) is 0 Å². The molecule has 0 saturated heterocycles. The predicted molar refractivity (Wildman–Crippen MR) is 378 cm³/mol. The molecule has 0 aliphatic carbocycles. The normalized spacial score (nSPS) is 13.5. The summed E-state index contributed by atoms with van der Waals surface area (Å²) in [5.74, 6) is -12.6. The standard InChI is InChI=1S/C62H117N25O9/c1-4-38(13-5-21-79-55(63)64)46(88)29-39(14-6-22-80-56(65)66)47(89)30-40(15-7-23-81-57(67)68)48(90)31-41(16-8-24-82-58(69)70)49(91)32-42(17-9-25-83-59(71)72)50(92)33-43(18-10-26-84-60(73)74)51(93)34-44(19-11-27-85-61(75)76)52(94)35-45(20-12-28-86-62(77)78)54(96)87-36-53(95)37(2)3/h37-45H,4-36H2,1-3H3,(H,87,96)(H4,63,64,79)(H4,65,66,80)(H4,67,68,81)(H4,69,70,82)(H4,71,72,83)(H4,73,74,84)(H4,75,76,85)(H4,77,78,86). The fourth-order valence-electron chi connectivity index (χ4n) is 10.9. The van der Waals surface area contributed by atoms with Crippen LogP contribution in [0, 0.1) is 53.3 Å². The first-order chi connectivity index (χ1) is 45.3. The molecule has 8 unspecified atom stereocenters. The molecule has 0 aliphatic rings. The lowest BCUT2D eigenvalue weighted by Crippen LogP contribution is -2.38. The summed E-state index contributed by atoms with van der Waals surface area (Å²) in [4.78, 5) is 162. The Labute approximate surface area is 565 Å². The van der Waals surface area contributed by atoms with Gasteiger partial charge in [0, 0.05) is 151 Å². The summed E-state index contributed by atoms with van der Waals surface area (Å²) in [7, 11) is 0. The van der Waals surface area contributed by atoms with Crippen LogP contribution in [-0.4, -0.2) is 159 Å². The van der Waals surface area contributed by atoms with Gasteiger partial charge in [0.15, 0.2) is 53.5 Å². The lowest BCUT2D eigenvalue weighted by Gasteiger charge is -2.25. The topological polar surface area (TPSA) is 681 Å². The molecule has 0 aliphatic heterocycles. The molecule has 8 atom stereocenters. The third-order valence-corrected chi connectivity index (χ3v) is 16.3. The highest BCUT2D eigenvalue weighted by atomic mass is 16.2. The van der Waals surface area contributed by atoms with Gasteiger partial charge in [0.2, 0.25) is 5.91 Å². The summed E-state index contributed by atoms with van der Waals surface area (Å²) in [5.41, 5.74) is 89.7. The molecule has 1 amide bonds. The van der Waals surface area contributed by atoms with Crippen molar-refractivity contribution < 1.29 is 43.2 Å². The van der Waals surface area contributed by atoms with Crippen LogP contribution >= 0.6 is 0 Å². The summed E-state index contributed by atoms with van der Waals surface area (Å²) in [6.07, 6.45) is 1.86. The molecule has 0 rings (SSSR count). The van der Waals surface area contributed by atoms with Crippen LogP contribution in [0.3, 0.4) is 0 Å². The Balaban J connectivity index is 7.69. The number of ketones is 8. The van der Waals surface area contributed by atoms with E-state index in [2.05, 4.69) is 45.3 Å². The number of Topliss-reactive ketones (excluding diaryl/α,β-unsaturated/α-hetero) is 8. The Morgan fingerprint density at radius 2 is 0.427 bits per heavy atom. The second kappa shape index (κ2) is 50.4. The largest absolute Gasteiger partial charge is 0.370 e. The van der Waals surface area contributed by atoms with Crippen LogP contribution in [0.25, 0.3) is 0 Å². The summed E-state index contributed by atoms with van der Waals surface area (Å²) in [5, 5.41) is 2.65. The molecule has 34 heteroatoms. The highest BCUT2D eigenvalue weighted by Gasteiger charge is 2.36. The van der Waals surface area contributed by atoms with Gasteiger partial charge >= 0.3 is 0 Å². The molecule has 0 radical (unpaired) electrons. The first-order valence-electron chi connectivity index (χ1n) is 33.2. The average Bonchev–Trinajstić information content (AvgIpc) is 0.894. The number of carbonyl (C=O) groups is 9. The molecule has 0 saturated carbocycles. The fraction of sp³-hybridized carbons (Fsp3) is 0.726. The molecule has 0 bridgehead atoms. The number of hydrogen-bond acceptors (Lipinski definition) is 17. The zero-order valence-corrected chi connectivity index (χ0v) is 57.0. The lowest BCUT2D eigenvalue weighted by molar-refractivity contribution is -0.136. The van der Waals surface area contributed by atoms with Gasteiger partial charge < -0.3 is 97.1 Å². The molecular weight excluding hydrogens is 1240 g/mol. The zero-order valence-electron chi connectivity index (χ0n) is 57.0. The van der Waals surface area contributed by atoms with E-state index in [-0.39, 0.29) is 232 Å². The van der Waals surface area contributed by atoms with Gasteiger partial charge in [-0.25, -0.2) is 0 Å². The van der Waals surface area contributed by atoms with E-state index in [9.17, 15) is 33.6 Å². The van der Waals surface area contributed by atoms with Gasteiger partial charge in [0.1, 0.15) is 40.5 Å². The van der Waals surface area contributed by atoms with E-state index in [1.165, 1.54) is 0 Å². The highest BCUT2D eigenvalue weighted by molar-refractivity contribution is 5.97. The average molecular weight is 1360 g/mol. The summed E-state index contributed by atoms with van der Waals surface area (Å²) in [6, 6.07) is 0. The van der Waals surface area contributed by atoms with Crippen molar-refractivity contribution in [3.05, 3.63) is 0 Å².